The summed E-state index contributed by atoms with van der Waals surface area (Å²) in [6, 6.07) is 8.34. The highest BCUT2D eigenvalue weighted by Crippen LogP contribution is 2.38. The Balaban J connectivity index is 1.36. The number of sulfonamides is 1. The van der Waals surface area contributed by atoms with Crippen molar-refractivity contribution in [1.29, 1.82) is 0 Å². The number of furan rings is 1. The third-order valence-electron chi connectivity index (χ3n) is 6.27. The van der Waals surface area contributed by atoms with Crippen LogP contribution in [0.4, 0.5) is 10.5 Å². The second-order valence-corrected chi connectivity index (χ2v) is 10.2. The molecule has 1 aromatic carbocycles. The van der Waals surface area contributed by atoms with E-state index in [1.54, 1.807) is 12.1 Å². The summed E-state index contributed by atoms with van der Waals surface area (Å²) in [6.07, 6.45) is 4.73. The number of hydrogen-bond acceptors (Lipinski definition) is 6. The molecule has 33 heavy (non-hydrogen) atoms. The highest BCUT2D eigenvalue weighted by atomic mass is 32.2. The highest BCUT2D eigenvalue weighted by molar-refractivity contribution is 7.89. The van der Waals surface area contributed by atoms with E-state index in [1.807, 2.05) is 6.92 Å². The maximum Gasteiger partial charge on any atom is 0.325 e. The number of amides is 4. The number of benzene rings is 1. The average Bonchev–Trinajstić information content (AvgIpc) is 3.38. The summed E-state index contributed by atoms with van der Waals surface area (Å²) in [5.74, 6) is -0.427. The van der Waals surface area contributed by atoms with E-state index in [-0.39, 0.29) is 23.3 Å². The van der Waals surface area contributed by atoms with Gasteiger partial charge >= 0.3 is 6.03 Å². The Bertz CT molecular complexity index is 1150. The van der Waals surface area contributed by atoms with Gasteiger partial charge < -0.3 is 15.1 Å². The van der Waals surface area contributed by atoms with Gasteiger partial charge in [-0.05, 0) is 55.2 Å². The molecule has 2 fully saturated rings. The van der Waals surface area contributed by atoms with Crippen LogP contribution in [0.25, 0.3) is 0 Å². The van der Waals surface area contributed by atoms with Gasteiger partial charge in [-0.15, -0.1) is 0 Å². The molecule has 3 N–H and O–H groups in total. The number of rotatable bonds is 7. The minimum Gasteiger partial charge on any atom is -0.468 e. The fourth-order valence-corrected chi connectivity index (χ4v) is 5.36. The van der Waals surface area contributed by atoms with Gasteiger partial charge in [0.2, 0.25) is 15.9 Å². The van der Waals surface area contributed by atoms with Crippen LogP contribution in [-0.2, 0) is 26.2 Å². The quantitative estimate of drug-likeness (QED) is 0.526. The van der Waals surface area contributed by atoms with Gasteiger partial charge in [0, 0.05) is 5.69 Å². The zero-order chi connectivity index (χ0) is 23.6. The first-order valence-electron chi connectivity index (χ1n) is 10.8. The highest BCUT2D eigenvalue weighted by Gasteiger charge is 2.55. The van der Waals surface area contributed by atoms with Crippen molar-refractivity contribution in [1.82, 2.24) is 14.9 Å². The third-order valence-corrected chi connectivity index (χ3v) is 7.69. The van der Waals surface area contributed by atoms with Crippen molar-refractivity contribution in [2.24, 2.45) is 5.92 Å². The van der Waals surface area contributed by atoms with Crippen molar-refractivity contribution >= 4 is 33.6 Å². The largest absolute Gasteiger partial charge is 0.468 e. The lowest BCUT2D eigenvalue weighted by Crippen LogP contribution is -2.54. The predicted molar refractivity (Wildman–Crippen MR) is 118 cm³/mol. The van der Waals surface area contributed by atoms with Crippen LogP contribution in [0.3, 0.4) is 0 Å². The van der Waals surface area contributed by atoms with Crippen molar-refractivity contribution in [3.63, 3.8) is 0 Å². The molecule has 1 aliphatic carbocycles. The summed E-state index contributed by atoms with van der Waals surface area (Å²) in [4.78, 5) is 38.9. The molecule has 11 heteroatoms. The first-order chi connectivity index (χ1) is 15.7. The van der Waals surface area contributed by atoms with E-state index in [2.05, 4.69) is 15.4 Å². The Morgan fingerprint density at radius 2 is 1.97 bits per heavy atom. The molecule has 0 radical (unpaired) electrons. The first kappa shape index (κ1) is 23.0. The van der Waals surface area contributed by atoms with E-state index in [9.17, 15) is 22.8 Å². The van der Waals surface area contributed by atoms with E-state index in [0.29, 0.717) is 17.9 Å². The summed E-state index contributed by atoms with van der Waals surface area (Å²) < 4.78 is 32.4. The van der Waals surface area contributed by atoms with E-state index < -0.39 is 34.0 Å². The number of imide groups is 1. The molecule has 0 bridgehead atoms. The lowest BCUT2D eigenvalue weighted by molar-refractivity contribution is -0.136. The Hall–Kier alpha value is -3.18. The average molecular weight is 475 g/mol. The van der Waals surface area contributed by atoms with E-state index >= 15 is 0 Å². The molecule has 10 nitrogen and oxygen atoms in total. The molecule has 2 aliphatic rings. The third kappa shape index (κ3) is 4.64. The van der Waals surface area contributed by atoms with Crippen molar-refractivity contribution in [3.8, 4) is 0 Å². The van der Waals surface area contributed by atoms with E-state index in [1.165, 1.54) is 30.5 Å². The number of nitrogens with one attached hydrogen (secondary N) is 3. The molecule has 1 saturated heterocycles. The van der Waals surface area contributed by atoms with Gasteiger partial charge in [-0.3, -0.25) is 14.5 Å². The van der Waals surface area contributed by atoms with Gasteiger partial charge in [0.25, 0.3) is 5.91 Å². The maximum absolute atomic E-state index is 13.0. The number of nitrogens with zero attached hydrogens (tertiary/aromatic N) is 1. The molecule has 1 aliphatic heterocycles. The second-order valence-electron chi connectivity index (χ2n) is 8.42. The molecule has 1 saturated carbocycles. The van der Waals surface area contributed by atoms with Crippen LogP contribution in [-0.4, -0.2) is 43.2 Å². The Morgan fingerprint density at radius 3 is 2.64 bits per heavy atom. The zero-order valence-corrected chi connectivity index (χ0v) is 19.0. The Morgan fingerprint density at radius 1 is 1.21 bits per heavy atom. The minimum atomic E-state index is -3.76. The molecule has 1 spiro atoms. The summed E-state index contributed by atoms with van der Waals surface area (Å²) in [5, 5.41) is 5.41. The predicted octanol–water partition coefficient (Wildman–Crippen LogP) is 2.20. The second kappa shape index (κ2) is 8.99. The molecule has 4 amide bonds. The molecule has 2 heterocycles. The molecular formula is C22H26N4O6S. The van der Waals surface area contributed by atoms with Gasteiger partial charge in [-0.2, -0.15) is 0 Å². The first-order valence-corrected chi connectivity index (χ1v) is 12.3. The number of carbonyl (C=O) groups excluding carboxylic acids is 3. The van der Waals surface area contributed by atoms with Gasteiger partial charge in [0.1, 0.15) is 17.8 Å². The minimum absolute atomic E-state index is 0.00616. The summed E-state index contributed by atoms with van der Waals surface area (Å²) in [5.41, 5.74) is -0.577. The SMILES string of the molecule is C[C@H]1CCCC[C@@]12NC(=O)N(CC(=O)Nc1ccc(S(=O)(=O)NCc3ccco3)cc1)C2=O. The fraction of sp³-hybridized carbons (Fsp3) is 0.409. The molecule has 2 aromatic rings. The Labute approximate surface area is 191 Å². The van der Waals surface area contributed by atoms with Crippen LogP contribution in [0, 0.1) is 5.92 Å². The van der Waals surface area contributed by atoms with Gasteiger partial charge in [-0.25, -0.2) is 17.9 Å². The standard InChI is InChI=1S/C22H26N4O6S/c1-15-5-2-3-11-22(15)20(28)26(21(29)25-22)14-19(27)24-16-7-9-18(10-8-16)33(30,31)23-13-17-6-4-12-32-17/h4,6-10,12,15,23H,2-3,5,11,13-14H2,1H3,(H,24,27)(H,25,29)/t15-,22+/m0/s1. The van der Waals surface area contributed by atoms with Crippen LogP contribution >= 0.6 is 0 Å². The number of urea groups is 1. The summed E-state index contributed by atoms with van der Waals surface area (Å²) in [7, 11) is -3.76. The molecule has 2 atom stereocenters. The van der Waals surface area contributed by atoms with Crippen LogP contribution < -0.4 is 15.4 Å². The molecule has 176 valence electrons. The maximum atomic E-state index is 13.0. The lowest BCUT2D eigenvalue weighted by Gasteiger charge is -2.36. The number of carbonyl (C=O) groups is 3. The van der Waals surface area contributed by atoms with Crippen molar-refractivity contribution in [2.45, 2.75) is 49.6 Å². The van der Waals surface area contributed by atoms with Gasteiger partial charge in [0.05, 0.1) is 17.7 Å². The Kier molecular flexibility index (Phi) is 6.26. The van der Waals surface area contributed by atoms with Crippen molar-refractivity contribution < 1.29 is 27.2 Å². The summed E-state index contributed by atoms with van der Waals surface area (Å²) >= 11 is 0. The molecule has 4 rings (SSSR count). The van der Waals surface area contributed by atoms with Crippen LogP contribution in [0.15, 0.2) is 52.0 Å². The normalized spacial score (nSPS) is 23.1. The smallest absolute Gasteiger partial charge is 0.325 e. The van der Waals surface area contributed by atoms with Crippen LogP contribution in [0.5, 0.6) is 0 Å². The van der Waals surface area contributed by atoms with Crippen molar-refractivity contribution in [3.05, 3.63) is 48.4 Å². The molecular weight excluding hydrogens is 448 g/mol. The van der Waals surface area contributed by atoms with Gasteiger partial charge in [-0.1, -0.05) is 19.8 Å². The lowest BCUT2D eigenvalue weighted by atomic mass is 9.73. The topological polar surface area (TPSA) is 138 Å². The van der Waals surface area contributed by atoms with Crippen molar-refractivity contribution in [2.75, 3.05) is 11.9 Å². The van der Waals surface area contributed by atoms with E-state index in [4.69, 9.17) is 4.42 Å². The zero-order valence-electron chi connectivity index (χ0n) is 18.2. The molecule has 1 aromatic heterocycles. The summed E-state index contributed by atoms with van der Waals surface area (Å²) in [6.45, 7) is 1.55. The van der Waals surface area contributed by atoms with Crippen LogP contribution in [0.2, 0.25) is 0 Å². The fourth-order valence-electron chi connectivity index (χ4n) is 4.36. The number of anilines is 1. The van der Waals surface area contributed by atoms with E-state index in [0.717, 1.165) is 24.2 Å². The number of hydrogen-bond donors (Lipinski definition) is 3. The molecule has 0 unspecified atom stereocenters. The van der Waals surface area contributed by atoms with Crippen LogP contribution in [0.1, 0.15) is 38.4 Å². The monoisotopic (exact) mass is 474 g/mol. The van der Waals surface area contributed by atoms with Gasteiger partial charge in [0.15, 0.2) is 0 Å².